The van der Waals surface area contributed by atoms with E-state index in [9.17, 15) is 9.18 Å². The van der Waals surface area contributed by atoms with Crippen LogP contribution < -0.4 is 5.32 Å². The van der Waals surface area contributed by atoms with Crippen LogP contribution in [-0.2, 0) is 17.6 Å². The molecule has 0 spiro atoms. The lowest BCUT2D eigenvalue weighted by atomic mass is 10.2. The van der Waals surface area contributed by atoms with Crippen molar-refractivity contribution in [3.05, 3.63) is 53.3 Å². The maximum absolute atomic E-state index is 13.3. The molecule has 1 N–H and O–H groups in total. The summed E-state index contributed by atoms with van der Waals surface area (Å²) in [7, 11) is 0. The third-order valence-electron chi connectivity index (χ3n) is 3.84. The quantitative estimate of drug-likeness (QED) is 0.691. The first-order chi connectivity index (χ1) is 12.5. The van der Waals surface area contributed by atoms with Crippen molar-refractivity contribution in [3.63, 3.8) is 0 Å². The first-order valence-electron chi connectivity index (χ1n) is 8.38. The highest BCUT2D eigenvalue weighted by molar-refractivity contribution is 7.13. The van der Waals surface area contributed by atoms with Crippen LogP contribution in [0.4, 0.5) is 4.39 Å². The van der Waals surface area contributed by atoms with Gasteiger partial charge < -0.3 is 9.88 Å². The summed E-state index contributed by atoms with van der Waals surface area (Å²) in [5.41, 5.74) is 1.40. The van der Waals surface area contributed by atoms with E-state index in [1.165, 1.54) is 23.5 Å². The van der Waals surface area contributed by atoms with Crippen LogP contribution in [0, 0.1) is 5.82 Å². The minimum absolute atomic E-state index is 0.100. The largest absolute Gasteiger partial charge is 0.355 e. The molecule has 0 saturated heterocycles. The zero-order valence-electron chi connectivity index (χ0n) is 14.6. The van der Waals surface area contributed by atoms with Crippen LogP contribution in [0.25, 0.3) is 10.6 Å². The first-order valence-corrected chi connectivity index (χ1v) is 9.26. The van der Waals surface area contributed by atoms with Crippen molar-refractivity contribution in [1.29, 1.82) is 0 Å². The topological polar surface area (TPSA) is 72.7 Å². The van der Waals surface area contributed by atoms with E-state index < -0.39 is 0 Å². The molecule has 8 heteroatoms. The molecule has 2 heterocycles. The SMILES string of the molecule is CC(C)n1cnnc1CCNC(=O)Cc1csc(-c2cccc(F)c2)n1. The smallest absolute Gasteiger partial charge is 0.226 e. The molecule has 1 amide bonds. The number of benzene rings is 1. The Balaban J connectivity index is 1.52. The molecule has 2 aromatic heterocycles. The molecule has 0 bridgehead atoms. The van der Waals surface area contributed by atoms with E-state index in [0.717, 1.165) is 11.4 Å². The lowest BCUT2D eigenvalue weighted by Gasteiger charge is -2.10. The van der Waals surface area contributed by atoms with Crippen LogP contribution in [0.2, 0.25) is 0 Å². The number of rotatable bonds is 7. The van der Waals surface area contributed by atoms with E-state index in [0.29, 0.717) is 23.7 Å². The molecule has 0 unspecified atom stereocenters. The normalized spacial score (nSPS) is 11.1. The molecule has 0 aliphatic heterocycles. The molecule has 3 rings (SSSR count). The second-order valence-corrected chi connectivity index (χ2v) is 7.04. The molecular formula is C18H20FN5OS. The van der Waals surface area contributed by atoms with Gasteiger partial charge in [0.25, 0.3) is 0 Å². The van der Waals surface area contributed by atoms with Gasteiger partial charge in [-0.2, -0.15) is 0 Å². The predicted molar refractivity (Wildman–Crippen MR) is 98.3 cm³/mol. The summed E-state index contributed by atoms with van der Waals surface area (Å²) in [4.78, 5) is 16.5. The van der Waals surface area contributed by atoms with E-state index in [-0.39, 0.29) is 24.2 Å². The molecule has 26 heavy (non-hydrogen) atoms. The number of nitrogens with zero attached hydrogens (tertiary/aromatic N) is 4. The molecule has 0 saturated carbocycles. The van der Waals surface area contributed by atoms with Crippen LogP contribution in [-0.4, -0.2) is 32.2 Å². The molecule has 6 nitrogen and oxygen atoms in total. The highest BCUT2D eigenvalue weighted by Gasteiger charge is 2.11. The Hall–Kier alpha value is -2.61. The van der Waals surface area contributed by atoms with Crippen molar-refractivity contribution in [2.75, 3.05) is 6.54 Å². The van der Waals surface area contributed by atoms with E-state index in [4.69, 9.17) is 0 Å². The molecule has 1 aromatic carbocycles. The van der Waals surface area contributed by atoms with Gasteiger partial charge in [0.2, 0.25) is 5.91 Å². The van der Waals surface area contributed by atoms with Gasteiger partial charge in [-0.25, -0.2) is 9.37 Å². The van der Waals surface area contributed by atoms with Crippen LogP contribution in [0.1, 0.15) is 31.4 Å². The van der Waals surface area contributed by atoms with Gasteiger partial charge >= 0.3 is 0 Å². The molecule has 0 fully saturated rings. The van der Waals surface area contributed by atoms with Gasteiger partial charge in [0.05, 0.1) is 12.1 Å². The van der Waals surface area contributed by atoms with E-state index in [1.54, 1.807) is 18.5 Å². The summed E-state index contributed by atoms with van der Waals surface area (Å²) in [5, 5.41) is 13.4. The summed E-state index contributed by atoms with van der Waals surface area (Å²) >= 11 is 1.40. The van der Waals surface area contributed by atoms with Crippen molar-refractivity contribution in [2.45, 2.75) is 32.7 Å². The Morgan fingerprint density at radius 2 is 2.23 bits per heavy atom. The lowest BCUT2D eigenvalue weighted by molar-refractivity contribution is -0.120. The third kappa shape index (κ3) is 4.51. The maximum Gasteiger partial charge on any atom is 0.226 e. The van der Waals surface area contributed by atoms with E-state index >= 15 is 0 Å². The maximum atomic E-state index is 13.3. The second kappa shape index (κ2) is 8.18. The highest BCUT2D eigenvalue weighted by atomic mass is 32.1. The minimum atomic E-state index is -0.300. The molecule has 3 aromatic rings. The predicted octanol–water partition coefficient (Wildman–Crippen LogP) is 3.02. The molecular weight excluding hydrogens is 353 g/mol. The number of carbonyl (C=O) groups is 1. The number of aromatic nitrogens is 4. The van der Waals surface area contributed by atoms with Crippen LogP contribution in [0.5, 0.6) is 0 Å². The molecule has 136 valence electrons. The van der Waals surface area contributed by atoms with Gasteiger partial charge in [0, 0.05) is 30.0 Å². The Morgan fingerprint density at radius 3 is 3.00 bits per heavy atom. The van der Waals surface area contributed by atoms with Gasteiger partial charge in [0.1, 0.15) is 23.0 Å². The zero-order valence-corrected chi connectivity index (χ0v) is 15.5. The summed E-state index contributed by atoms with van der Waals surface area (Å²) in [5.74, 6) is 0.449. The summed E-state index contributed by atoms with van der Waals surface area (Å²) in [6.07, 6.45) is 2.52. The van der Waals surface area contributed by atoms with Crippen molar-refractivity contribution in [3.8, 4) is 10.6 Å². The van der Waals surface area contributed by atoms with Crippen molar-refractivity contribution < 1.29 is 9.18 Å². The number of carbonyl (C=O) groups excluding carboxylic acids is 1. The van der Waals surface area contributed by atoms with Gasteiger partial charge in [-0.1, -0.05) is 12.1 Å². The first kappa shape index (κ1) is 18.2. The monoisotopic (exact) mass is 373 g/mol. The average molecular weight is 373 g/mol. The zero-order chi connectivity index (χ0) is 18.5. The van der Waals surface area contributed by atoms with Crippen LogP contribution >= 0.6 is 11.3 Å². The van der Waals surface area contributed by atoms with Crippen molar-refractivity contribution in [2.24, 2.45) is 0 Å². The molecule has 0 atom stereocenters. The standard InChI is InChI=1S/C18H20FN5OS/c1-12(2)24-11-21-23-16(24)6-7-20-17(25)9-15-10-26-18(22-15)13-4-3-5-14(19)8-13/h3-5,8,10-12H,6-7,9H2,1-2H3,(H,20,25). The lowest BCUT2D eigenvalue weighted by Crippen LogP contribution is -2.28. The van der Waals surface area contributed by atoms with E-state index in [1.807, 2.05) is 9.95 Å². The number of amides is 1. The summed E-state index contributed by atoms with van der Waals surface area (Å²) in [6, 6.07) is 6.57. The second-order valence-electron chi connectivity index (χ2n) is 6.18. The number of nitrogens with one attached hydrogen (secondary N) is 1. The Labute approximate surface area is 155 Å². The van der Waals surface area contributed by atoms with Crippen LogP contribution in [0.3, 0.4) is 0 Å². The van der Waals surface area contributed by atoms with Gasteiger partial charge in [-0.3, -0.25) is 4.79 Å². The number of hydrogen-bond donors (Lipinski definition) is 1. The van der Waals surface area contributed by atoms with Gasteiger partial charge in [0.15, 0.2) is 0 Å². The minimum Gasteiger partial charge on any atom is -0.355 e. The third-order valence-corrected chi connectivity index (χ3v) is 4.78. The molecule has 0 aliphatic carbocycles. The van der Waals surface area contributed by atoms with Gasteiger partial charge in [-0.05, 0) is 26.0 Å². The van der Waals surface area contributed by atoms with Crippen molar-refractivity contribution >= 4 is 17.2 Å². The Bertz CT molecular complexity index is 889. The average Bonchev–Trinajstić information content (AvgIpc) is 3.24. The van der Waals surface area contributed by atoms with Crippen molar-refractivity contribution in [1.82, 2.24) is 25.1 Å². The number of halogens is 1. The summed E-state index contributed by atoms with van der Waals surface area (Å²) in [6.45, 7) is 4.61. The fourth-order valence-corrected chi connectivity index (χ4v) is 3.38. The number of thiazole rings is 1. The fourth-order valence-electron chi connectivity index (χ4n) is 2.56. The van der Waals surface area contributed by atoms with Gasteiger partial charge in [-0.15, -0.1) is 21.5 Å². The molecule has 0 radical (unpaired) electrons. The van der Waals surface area contributed by atoms with Crippen LogP contribution in [0.15, 0.2) is 36.0 Å². The Kier molecular flexibility index (Phi) is 5.72. The summed E-state index contributed by atoms with van der Waals surface area (Å²) < 4.78 is 15.3. The fraction of sp³-hybridized carbons (Fsp3) is 0.333. The van der Waals surface area contributed by atoms with E-state index in [2.05, 4.69) is 34.3 Å². The number of hydrogen-bond acceptors (Lipinski definition) is 5. The molecule has 0 aliphatic rings. The Morgan fingerprint density at radius 1 is 1.38 bits per heavy atom. The highest BCUT2D eigenvalue weighted by Crippen LogP contribution is 2.24.